The molecule has 0 atom stereocenters. The summed E-state index contributed by atoms with van der Waals surface area (Å²) in [5.41, 5.74) is 6.63. The van der Waals surface area contributed by atoms with Crippen LogP contribution in [0.15, 0.2) is 24.4 Å². The van der Waals surface area contributed by atoms with Gasteiger partial charge in [0.15, 0.2) is 5.82 Å². The van der Waals surface area contributed by atoms with E-state index in [1.54, 1.807) is 12.3 Å². The molecule has 0 radical (unpaired) electrons. The molecule has 1 heterocycles. The molecular formula is C15H18FN3O. The molecule has 3 rings (SSSR count). The minimum absolute atomic E-state index is 0.00879. The third kappa shape index (κ3) is 2.08. The van der Waals surface area contributed by atoms with Gasteiger partial charge in [-0.1, -0.05) is 12.8 Å². The van der Waals surface area contributed by atoms with Crippen LogP contribution in [-0.2, 0) is 0 Å². The molecule has 0 aliphatic heterocycles. The number of hydrogen-bond donors (Lipinski definition) is 3. The summed E-state index contributed by atoms with van der Waals surface area (Å²) in [5.74, 6) is -0.423. The van der Waals surface area contributed by atoms with Gasteiger partial charge >= 0.3 is 0 Å². The number of hydrogen-bond acceptors (Lipinski definition) is 4. The highest BCUT2D eigenvalue weighted by atomic mass is 19.1. The smallest absolute Gasteiger partial charge is 0.150 e. The molecule has 5 heteroatoms. The number of aliphatic hydroxyl groups excluding tert-OH is 1. The summed E-state index contributed by atoms with van der Waals surface area (Å²) in [6.07, 6.45) is 5.36. The van der Waals surface area contributed by atoms with Gasteiger partial charge in [0.25, 0.3) is 0 Å². The van der Waals surface area contributed by atoms with Crippen LogP contribution in [0.3, 0.4) is 0 Å². The zero-order valence-electron chi connectivity index (χ0n) is 11.2. The number of benzene rings is 1. The largest absolute Gasteiger partial charge is 0.398 e. The number of nitrogens with two attached hydrogens (primary N) is 1. The maximum Gasteiger partial charge on any atom is 0.150 e. The van der Waals surface area contributed by atoms with Gasteiger partial charge in [0.1, 0.15) is 0 Å². The number of halogens is 1. The van der Waals surface area contributed by atoms with E-state index in [1.165, 1.54) is 6.07 Å². The standard InChI is InChI=1S/C15H18FN3O/c16-11-8-12(17)10-4-3-7-18-13(10)14(11)19-15(9-20)5-1-2-6-15/h3-4,7-8,19-20H,1-2,5-6,9,17H2. The van der Waals surface area contributed by atoms with E-state index < -0.39 is 11.4 Å². The van der Waals surface area contributed by atoms with Crippen molar-refractivity contribution in [3.05, 3.63) is 30.2 Å². The number of fused-ring (bicyclic) bond motifs is 1. The Balaban J connectivity index is 2.11. The van der Waals surface area contributed by atoms with Gasteiger partial charge < -0.3 is 16.2 Å². The lowest BCUT2D eigenvalue weighted by atomic mass is 9.97. The molecule has 1 saturated carbocycles. The summed E-state index contributed by atoms with van der Waals surface area (Å²) < 4.78 is 14.3. The Morgan fingerprint density at radius 1 is 1.40 bits per heavy atom. The molecule has 0 unspecified atom stereocenters. The SMILES string of the molecule is Nc1cc(F)c(NC2(CO)CCCC2)c2ncccc12. The first-order chi connectivity index (χ1) is 9.65. The van der Waals surface area contributed by atoms with Crippen molar-refractivity contribution < 1.29 is 9.50 Å². The van der Waals surface area contributed by atoms with Gasteiger partial charge in [0.05, 0.1) is 23.3 Å². The van der Waals surface area contributed by atoms with Gasteiger partial charge in [0.2, 0.25) is 0 Å². The molecule has 106 valence electrons. The quantitative estimate of drug-likeness (QED) is 0.753. The number of nitrogen functional groups attached to an aromatic ring is 1. The lowest BCUT2D eigenvalue weighted by Gasteiger charge is -2.30. The molecule has 1 aromatic carbocycles. The minimum Gasteiger partial charge on any atom is -0.398 e. The molecule has 20 heavy (non-hydrogen) atoms. The first-order valence-corrected chi connectivity index (χ1v) is 6.87. The number of aromatic nitrogens is 1. The summed E-state index contributed by atoms with van der Waals surface area (Å²) in [4.78, 5) is 4.25. The van der Waals surface area contributed by atoms with E-state index >= 15 is 0 Å². The second-order valence-corrected chi connectivity index (χ2v) is 5.49. The van der Waals surface area contributed by atoms with E-state index in [-0.39, 0.29) is 6.61 Å². The van der Waals surface area contributed by atoms with Crippen molar-refractivity contribution in [2.24, 2.45) is 0 Å². The van der Waals surface area contributed by atoms with Crippen molar-refractivity contribution >= 4 is 22.3 Å². The number of anilines is 2. The summed E-state index contributed by atoms with van der Waals surface area (Å²) in [6, 6.07) is 4.91. The van der Waals surface area contributed by atoms with E-state index in [9.17, 15) is 9.50 Å². The topological polar surface area (TPSA) is 71.2 Å². The molecule has 0 spiro atoms. The average Bonchev–Trinajstić information content (AvgIpc) is 2.93. The zero-order valence-corrected chi connectivity index (χ0v) is 11.2. The first-order valence-electron chi connectivity index (χ1n) is 6.87. The lowest BCUT2D eigenvalue weighted by molar-refractivity contribution is 0.214. The fourth-order valence-corrected chi connectivity index (χ4v) is 3.00. The molecule has 1 fully saturated rings. The third-order valence-electron chi connectivity index (χ3n) is 4.13. The highest BCUT2D eigenvalue weighted by Gasteiger charge is 2.34. The van der Waals surface area contributed by atoms with E-state index in [4.69, 9.17) is 5.73 Å². The van der Waals surface area contributed by atoms with E-state index in [2.05, 4.69) is 10.3 Å². The van der Waals surface area contributed by atoms with Crippen molar-refractivity contribution in [2.45, 2.75) is 31.2 Å². The van der Waals surface area contributed by atoms with Gasteiger partial charge in [-0.05, 0) is 31.0 Å². The molecule has 4 nitrogen and oxygen atoms in total. The Labute approximate surface area is 116 Å². The van der Waals surface area contributed by atoms with E-state index in [0.717, 1.165) is 31.1 Å². The second kappa shape index (κ2) is 4.90. The Morgan fingerprint density at radius 2 is 2.15 bits per heavy atom. The van der Waals surface area contributed by atoms with Gasteiger partial charge in [-0.2, -0.15) is 0 Å². The molecular weight excluding hydrogens is 257 g/mol. The molecule has 4 N–H and O–H groups in total. The van der Waals surface area contributed by atoms with E-state index in [1.807, 2.05) is 6.07 Å². The second-order valence-electron chi connectivity index (χ2n) is 5.49. The van der Waals surface area contributed by atoms with Crippen LogP contribution in [0, 0.1) is 5.82 Å². The number of nitrogens with one attached hydrogen (secondary N) is 1. The highest BCUT2D eigenvalue weighted by Crippen LogP contribution is 2.37. The van der Waals surface area contributed by atoms with Gasteiger partial charge in [0, 0.05) is 17.3 Å². The number of aliphatic hydroxyl groups is 1. The van der Waals surface area contributed by atoms with Gasteiger partial charge in [-0.15, -0.1) is 0 Å². The van der Waals surface area contributed by atoms with Crippen molar-refractivity contribution in [1.82, 2.24) is 4.98 Å². The maximum absolute atomic E-state index is 14.3. The monoisotopic (exact) mass is 275 g/mol. The zero-order chi connectivity index (χ0) is 14.2. The Bertz CT molecular complexity index is 638. The molecule has 0 bridgehead atoms. The number of pyridine rings is 1. The van der Waals surface area contributed by atoms with Crippen LogP contribution in [-0.4, -0.2) is 22.2 Å². The molecule has 0 amide bonds. The van der Waals surface area contributed by atoms with Crippen LogP contribution < -0.4 is 11.1 Å². The van der Waals surface area contributed by atoms with Crippen LogP contribution >= 0.6 is 0 Å². The Hall–Kier alpha value is -1.88. The van der Waals surface area contributed by atoms with Crippen molar-refractivity contribution in [3.8, 4) is 0 Å². The number of nitrogens with zero attached hydrogens (tertiary/aromatic N) is 1. The Morgan fingerprint density at radius 3 is 2.85 bits per heavy atom. The molecule has 2 aromatic rings. The van der Waals surface area contributed by atoms with Crippen LogP contribution in [0.4, 0.5) is 15.8 Å². The third-order valence-corrected chi connectivity index (χ3v) is 4.13. The predicted molar refractivity (Wildman–Crippen MR) is 78.0 cm³/mol. The minimum atomic E-state index is -0.443. The number of rotatable bonds is 3. The van der Waals surface area contributed by atoms with Crippen LogP contribution in [0.25, 0.3) is 10.9 Å². The van der Waals surface area contributed by atoms with Gasteiger partial charge in [-0.25, -0.2) is 4.39 Å². The summed E-state index contributed by atoms with van der Waals surface area (Å²) in [6.45, 7) is -0.00879. The van der Waals surface area contributed by atoms with Crippen LogP contribution in [0.2, 0.25) is 0 Å². The fraction of sp³-hybridized carbons (Fsp3) is 0.400. The summed E-state index contributed by atoms with van der Waals surface area (Å²) in [5, 5.41) is 13.6. The summed E-state index contributed by atoms with van der Waals surface area (Å²) >= 11 is 0. The predicted octanol–water partition coefficient (Wildman–Crippen LogP) is 2.67. The van der Waals surface area contributed by atoms with Crippen LogP contribution in [0.1, 0.15) is 25.7 Å². The van der Waals surface area contributed by atoms with Crippen molar-refractivity contribution in [2.75, 3.05) is 17.7 Å². The maximum atomic E-state index is 14.3. The normalized spacial score (nSPS) is 17.5. The molecule has 1 aliphatic rings. The van der Waals surface area contributed by atoms with Crippen LogP contribution in [0.5, 0.6) is 0 Å². The molecule has 1 aromatic heterocycles. The Kier molecular flexibility index (Phi) is 3.22. The van der Waals surface area contributed by atoms with E-state index in [0.29, 0.717) is 16.9 Å². The van der Waals surface area contributed by atoms with Crippen molar-refractivity contribution in [1.29, 1.82) is 0 Å². The fourth-order valence-electron chi connectivity index (χ4n) is 3.00. The average molecular weight is 275 g/mol. The summed E-state index contributed by atoms with van der Waals surface area (Å²) in [7, 11) is 0. The molecule has 0 saturated heterocycles. The van der Waals surface area contributed by atoms with Crippen molar-refractivity contribution in [3.63, 3.8) is 0 Å². The highest BCUT2D eigenvalue weighted by molar-refractivity contribution is 5.98. The lowest BCUT2D eigenvalue weighted by Crippen LogP contribution is -2.39. The first kappa shape index (κ1) is 13.1. The van der Waals surface area contributed by atoms with Gasteiger partial charge in [-0.3, -0.25) is 4.98 Å². The molecule has 1 aliphatic carbocycles.